The average molecular weight is 521 g/mol. The van der Waals surface area contributed by atoms with Crippen LogP contribution in [0.15, 0.2) is 58.4 Å². The molecule has 0 radical (unpaired) electrons. The lowest BCUT2D eigenvalue weighted by atomic mass is 10.2. The van der Waals surface area contributed by atoms with Crippen LogP contribution in [-0.4, -0.2) is 40.3 Å². The molecule has 0 spiro atoms. The van der Waals surface area contributed by atoms with Gasteiger partial charge in [0.05, 0.1) is 11.4 Å². The molecule has 0 fully saturated rings. The molecule has 0 bridgehead atoms. The predicted molar refractivity (Wildman–Crippen MR) is 120 cm³/mol. The lowest BCUT2D eigenvalue weighted by Crippen LogP contribution is -2.41. The Morgan fingerprint density at radius 3 is 2.43 bits per heavy atom. The molecule has 6 nitrogen and oxygen atoms in total. The zero-order valence-corrected chi connectivity index (χ0v) is 19.1. The molecule has 0 saturated carbocycles. The van der Waals surface area contributed by atoms with Crippen LogP contribution in [0.1, 0.15) is 12.5 Å². The van der Waals surface area contributed by atoms with Crippen molar-refractivity contribution in [2.24, 2.45) is 4.99 Å². The summed E-state index contributed by atoms with van der Waals surface area (Å²) >= 11 is 0. The number of sulfone groups is 1. The highest BCUT2D eigenvalue weighted by molar-refractivity contribution is 14.0. The molecule has 2 rings (SSSR count). The summed E-state index contributed by atoms with van der Waals surface area (Å²) in [6.45, 7) is 2.83. The van der Waals surface area contributed by atoms with E-state index in [1.54, 1.807) is 43.4 Å². The van der Waals surface area contributed by atoms with E-state index in [9.17, 15) is 12.8 Å². The number of nitrogens with one attached hydrogen (secondary N) is 2. The molecule has 9 heteroatoms. The van der Waals surface area contributed by atoms with Gasteiger partial charge in [-0.1, -0.05) is 18.2 Å². The zero-order valence-electron chi connectivity index (χ0n) is 16.0. The van der Waals surface area contributed by atoms with Gasteiger partial charge in [0.25, 0.3) is 0 Å². The maximum Gasteiger partial charge on any atom is 0.191 e. The summed E-state index contributed by atoms with van der Waals surface area (Å²) in [4.78, 5) is 4.42. The van der Waals surface area contributed by atoms with Crippen molar-refractivity contribution in [3.05, 3.63) is 59.9 Å². The third-order valence-electron chi connectivity index (χ3n) is 3.73. The van der Waals surface area contributed by atoms with E-state index < -0.39 is 9.84 Å². The fraction of sp³-hybridized carbons (Fsp3) is 0.316. The van der Waals surface area contributed by atoms with Gasteiger partial charge in [-0.15, -0.1) is 24.0 Å². The maximum atomic E-state index is 13.2. The Morgan fingerprint density at radius 2 is 1.86 bits per heavy atom. The second kappa shape index (κ2) is 11.2. The van der Waals surface area contributed by atoms with E-state index in [2.05, 4.69) is 15.6 Å². The lowest BCUT2D eigenvalue weighted by Gasteiger charge is -2.18. The summed E-state index contributed by atoms with van der Waals surface area (Å²) < 4.78 is 41.8. The minimum Gasteiger partial charge on any atom is -0.489 e. The molecule has 0 amide bonds. The Labute approximate surface area is 182 Å². The summed E-state index contributed by atoms with van der Waals surface area (Å²) in [5, 5.41) is 6.28. The van der Waals surface area contributed by atoms with Crippen molar-refractivity contribution >= 4 is 39.8 Å². The monoisotopic (exact) mass is 521 g/mol. The van der Waals surface area contributed by atoms with Gasteiger partial charge in [-0.25, -0.2) is 12.8 Å². The van der Waals surface area contributed by atoms with Gasteiger partial charge >= 0.3 is 0 Å². The molecule has 1 unspecified atom stereocenters. The quantitative estimate of drug-likeness (QED) is 0.333. The summed E-state index contributed by atoms with van der Waals surface area (Å²) in [5.74, 6) is 0.710. The SMILES string of the molecule is CN=C(NCc1ccc(S(C)(=O)=O)cc1)NCC(C)Oc1cccc(F)c1.I. The molecule has 0 aliphatic carbocycles. The van der Waals surface area contributed by atoms with Crippen molar-refractivity contribution in [2.45, 2.75) is 24.5 Å². The number of halogens is 2. The van der Waals surface area contributed by atoms with Gasteiger partial charge in [-0.05, 0) is 36.8 Å². The minimum atomic E-state index is -3.20. The van der Waals surface area contributed by atoms with Gasteiger partial charge in [0.15, 0.2) is 15.8 Å². The summed E-state index contributed by atoms with van der Waals surface area (Å²) in [7, 11) is -1.54. The standard InChI is InChI=1S/C19H24FN3O3S.HI/c1-14(26-17-6-4-5-16(20)11-17)12-22-19(21-2)23-13-15-7-9-18(10-8-15)27(3,24)25;/h4-11,14H,12-13H2,1-3H3,(H2,21,22,23);1H. The fourth-order valence-corrected chi connectivity index (χ4v) is 2.95. The number of hydrogen-bond acceptors (Lipinski definition) is 4. The van der Waals surface area contributed by atoms with Crippen LogP contribution in [0.25, 0.3) is 0 Å². The largest absolute Gasteiger partial charge is 0.489 e. The highest BCUT2D eigenvalue weighted by Gasteiger charge is 2.08. The van der Waals surface area contributed by atoms with E-state index in [-0.39, 0.29) is 40.8 Å². The van der Waals surface area contributed by atoms with Gasteiger partial charge in [-0.3, -0.25) is 4.99 Å². The molecule has 2 aromatic rings. The van der Waals surface area contributed by atoms with Crippen LogP contribution in [0.3, 0.4) is 0 Å². The van der Waals surface area contributed by atoms with E-state index >= 15 is 0 Å². The lowest BCUT2D eigenvalue weighted by molar-refractivity contribution is 0.223. The molecule has 2 aromatic carbocycles. The molecule has 0 saturated heterocycles. The maximum absolute atomic E-state index is 13.2. The molecular weight excluding hydrogens is 496 g/mol. The number of aliphatic imine (C=N–C) groups is 1. The summed E-state index contributed by atoms with van der Waals surface area (Å²) in [6, 6.07) is 12.7. The minimum absolute atomic E-state index is 0. The normalized spacial score (nSPS) is 12.6. The highest BCUT2D eigenvalue weighted by atomic mass is 127. The molecular formula is C19H25FIN3O3S. The number of ether oxygens (including phenoxy) is 1. The van der Waals surface area contributed by atoms with E-state index in [1.807, 2.05) is 6.92 Å². The third-order valence-corrected chi connectivity index (χ3v) is 4.85. The van der Waals surface area contributed by atoms with E-state index in [4.69, 9.17) is 4.74 Å². The van der Waals surface area contributed by atoms with Gasteiger partial charge < -0.3 is 15.4 Å². The Kier molecular flexibility index (Phi) is 9.66. The van der Waals surface area contributed by atoms with Gasteiger partial charge in [0.1, 0.15) is 17.7 Å². The Bertz CT molecular complexity index is 890. The van der Waals surface area contributed by atoms with Crippen LogP contribution in [-0.2, 0) is 16.4 Å². The van der Waals surface area contributed by atoms with Crippen LogP contribution >= 0.6 is 24.0 Å². The van der Waals surface area contributed by atoms with Crippen molar-refractivity contribution in [1.82, 2.24) is 10.6 Å². The number of nitrogens with zero attached hydrogens (tertiary/aromatic N) is 1. The average Bonchev–Trinajstić information content (AvgIpc) is 2.61. The molecule has 0 aliphatic rings. The van der Waals surface area contributed by atoms with Crippen molar-refractivity contribution < 1.29 is 17.5 Å². The third kappa shape index (κ3) is 8.01. The van der Waals surface area contributed by atoms with Crippen molar-refractivity contribution in [2.75, 3.05) is 19.8 Å². The molecule has 0 aromatic heterocycles. The topological polar surface area (TPSA) is 79.8 Å². The second-order valence-electron chi connectivity index (χ2n) is 6.11. The van der Waals surface area contributed by atoms with Crippen LogP contribution in [0.4, 0.5) is 4.39 Å². The first-order chi connectivity index (χ1) is 12.8. The van der Waals surface area contributed by atoms with Crippen LogP contribution in [0.5, 0.6) is 5.75 Å². The van der Waals surface area contributed by atoms with Crippen LogP contribution in [0, 0.1) is 5.82 Å². The van der Waals surface area contributed by atoms with E-state index in [1.165, 1.54) is 18.4 Å². The van der Waals surface area contributed by atoms with Crippen LogP contribution in [0.2, 0.25) is 0 Å². The predicted octanol–water partition coefficient (Wildman–Crippen LogP) is 2.98. The second-order valence-corrected chi connectivity index (χ2v) is 8.12. The molecule has 0 aliphatic heterocycles. The van der Waals surface area contributed by atoms with Crippen molar-refractivity contribution in [3.8, 4) is 5.75 Å². The molecule has 154 valence electrons. The number of guanidine groups is 1. The first-order valence-electron chi connectivity index (χ1n) is 8.43. The van der Waals surface area contributed by atoms with Gasteiger partial charge in [-0.2, -0.15) is 0 Å². The Hall–Kier alpha value is -1.88. The fourth-order valence-electron chi connectivity index (χ4n) is 2.32. The number of benzene rings is 2. The Balaban J connectivity index is 0.00000392. The number of hydrogen-bond donors (Lipinski definition) is 2. The molecule has 28 heavy (non-hydrogen) atoms. The summed E-state index contributed by atoms with van der Waals surface area (Å²) in [5.41, 5.74) is 0.925. The highest BCUT2D eigenvalue weighted by Crippen LogP contribution is 2.13. The van der Waals surface area contributed by atoms with E-state index in [0.717, 1.165) is 5.56 Å². The molecule has 0 heterocycles. The Morgan fingerprint density at radius 1 is 1.18 bits per heavy atom. The van der Waals surface area contributed by atoms with Crippen molar-refractivity contribution in [3.63, 3.8) is 0 Å². The first kappa shape index (κ1) is 24.2. The zero-order chi connectivity index (χ0) is 19.9. The molecule has 2 N–H and O–H groups in total. The van der Waals surface area contributed by atoms with Crippen LogP contribution < -0.4 is 15.4 Å². The van der Waals surface area contributed by atoms with Gasteiger partial charge in [0, 0.05) is 25.9 Å². The smallest absolute Gasteiger partial charge is 0.191 e. The van der Waals surface area contributed by atoms with Crippen molar-refractivity contribution in [1.29, 1.82) is 0 Å². The summed E-state index contributed by atoms with van der Waals surface area (Å²) in [6.07, 6.45) is 0.985. The van der Waals surface area contributed by atoms with E-state index in [0.29, 0.717) is 24.8 Å². The first-order valence-corrected chi connectivity index (χ1v) is 10.3. The van der Waals surface area contributed by atoms with Gasteiger partial charge in [0.2, 0.25) is 0 Å². The molecule has 1 atom stereocenters. The number of rotatable bonds is 7.